The van der Waals surface area contributed by atoms with Gasteiger partial charge in [0.2, 0.25) is 0 Å². The molecule has 3 heterocycles. The van der Waals surface area contributed by atoms with Gasteiger partial charge in [0.25, 0.3) is 0 Å². The van der Waals surface area contributed by atoms with Crippen LogP contribution in [-0.2, 0) is 6.54 Å². The lowest BCUT2D eigenvalue weighted by atomic mass is 9.84. The Morgan fingerprint density at radius 1 is 1.08 bits per heavy atom. The Kier molecular flexibility index (Phi) is 4.63. The third kappa shape index (κ3) is 3.31. The summed E-state index contributed by atoms with van der Waals surface area (Å²) in [5.74, 6) is 0. The van der Waals surface area contributed by atoms with Crippen LogP contribution < -0.4 is 5.43 Å². The summed E-state index contributed by atoms with van der Waals surface area (Å²) in [7, 11) is 4.52. The summed E-state index contributed by atoms with van der Waals surface area (Å²) < 4.78 is 0. The Bertz CT molecular complexity index is 851. The number of fused-ring (bicyclic) bond motifs is 1. The van der Waals surface area contributed by atoms with Crippen LogP contribution in [0.25, 0.3) is 10.9 Å². The van der Waals surface area contributed by atoms with E-state index in [0.717, 1.165) is 48.3 Å². The van der Waals surface area contributed by atoms with Gasteiger partial charge in [-0.05, 0) is 46.0 Å². The van der Waals surface area contributed by atoms with E-state index in [-0.39, 0.29) is 5.43 Å². The predicted molar refractivity (Wildman–Crippen MR) is 107 cm³/mol. The average molecular weight is 354 g/mol. The van der Waals surface area contributed by atoms with Gasteiger partial charge in [-0.2, -0.15) is 0 Å². The number of hydrogen-bond acceptors (Lipinski definition) is 4. The molecular formula is C21H30N4O. The van der Waals surface area contributed by atoms with E-state index in [9.17, 15) is 4.79 Å². The minimum Gasteiger partial charge on any atom is -0.357 e. The Balaban J connectivity index is 1.47. The zero-order chi connectivity index (χ0) is 18.3. The fraction of sp³-hybridized carbons (Fsp3) is 0.571. The standard InChI is InChI=1S/C21H30N4O/c1-16-4-5-19-18(12-16)20(26)13-17(22-19)14-25-8-6-21(7-9-25)15-23(2)10-11-24(21)3/h4-5,12-13H,6-11,14-15H2,1-3H3,(H,22,26). The molecule has 2 aromatic rings. The van der Waals surface area contributed by atoms with Crippen molar-refractivity contribution in [1.82, 2.24) is 19.7 Å². The van der Waals surface area contributed by atoms with Gasteiger partial charge in [-0.25, -0.2) is 0 Å². The molecule has 2 saturated heterocycles. The lowest BCUT2D eigenvalue weighted by Crippen LogP contribution is -2.63. The molecule has 4 rings (SSSR count). The Morgan fingerprint density at radius 2 is 1.85 bits per heavy atom. The van der Waals surface area contributed by atoms with Crippen molar-refractivity contribution in [3.63, 3.8) is 0 Å². The van der Waals surface area contributed by atoms with Crippen molar-refractivity contribution in [3.05, 3.63) is 45.7 Å². The molecule has 0 radical (unpaired) electrons. The first kappa shape index (κ1) is 17.7. The summed E-state index contributed by atoms with van der Waals surface area (Å²) in [5, 5.41) is 0.790. The number of aromatic amines is 1. The number of pyridine rings is 1. The van der Waals surface area contributed by atoms with Crippen LogP contribution in [0.2, 0.25) is 0 Å². The van der Waals surface area contributed by atoms with Gasteiger partial charge >= 0.3 is 0 Å². The summed E-state index contributed by atoms with van der Waals surface area (Å²) in [6.45, 7) is 8.53. The second-order valence-corrected chi connectivity index (χ2v) is 8.37. The molecule has 1 aromatic carbocycles. The molecule has 2 aliphatic heterocycles. The molecule has 26 heavy (non-hydrogen) atoms. The second-order valence-electron chi connectivity index (χ2n) is 8.37. The molecule has 1 aromatic heterocycles. The van der Waals surface area contributed by atoms with Gasteiger partial charge < -0.3 is 9.88 Å². The lowest BCUT2D eigenvalue weighted by Gasteiger charge is -2.52. The number of likely N-dealkylation sites (N-methyl/N-ethyl adjacent to an activating group) is 2. The van der Waals surface area contributed by atoms with Gasteiger partial charge in [-0.15, -0.1) is 0 Å². The number of nitrogens with one attached hydrogen (secondary N) is 1. The molecule has 0 aliphatic carbocycles. The molecular weight excluding hydrogens is 324 g/mol. The maximum Gasteiger partial charge on any atom is 0.189 e. The Hall–Kier alpha value is -1.69. The number of aromatic nitrogens is 1. The van der Waals surface area contributed by atoms with Crippen molar-refractivity contribution in [2.24, 2.45) is 0 Å². The quantitative estimate of drug-likeness (QED) is 0.896. The summed E-state index contributed by atoms with van der Waals surface area (Å²) in [6.07, 6.45) is 2.40. The van der Waals surface area contributed by atoms with Crippen molar-refractivity contribution < 1.29 is 0 Å². The summed E-state index contributed by atoms with van der Waals surface area (Å²) in [4.78, 5) is 23.5. The molecule has 0 saturated carbocycles. The molecule has 0 amide bonds. The number of H-pyrrole nitrogens is 1. The summed E-state index contributed by atoms with van der Waals surface area (Å²) in [6, 6.07) is 7.83. The van der Waals surface area contributed by atoms with Crippen LogP contribution in [0.4, 0.5) is 0 Å². The molecule has 0 atom stereocenters. The monoisotopic (exact) mass is 354 g/mol. The minimum absolute atomic E-state index is 0.125. The van der Waals surface area contributed by atoms with E-state index in [1.54, 1.807) is 6.07 Å². The van der Waals surface area contributed by atoms with Crippen LogP contribution in [0.3, 0.4) is 0 Å². The Labute approximate surface area is 155 Å². The zero-order valence-corrected chi connectivity index (χ0v) is 16.2. The van der Waals surface area contributed by atoms with E-state index in [1.165, 1.54) is 25.9 Å². The van der Waals surface area contributed by atoms with E-state index >= 15 is 0 Å². The van der Waals surface area contributed by atoms with Crippen molar-refractivity contribution >= 4 is 10.9 Å². The SMILES string of the molecule is Cc1ccc2[nH]c(CN3CCC4(CC3)CN(C)CCN4C)cc(=O)c2c1. The van der Waals surface area contributed by atoms with Gasteiger partial charge in [-0.3, -0.25) is 14.6 Å². The van der Waals surface area contributed by atoms with E-state index in [2.05, 4.69) is 39.8 Å². The molecule has 1 spiro atoms. The first-order valence-electron chi connectivity index (χ1n) is 9.70. The number of hydrogen-bond donors (Lipinski definition) is 1. The number of aryl methyl sites for hydroxylation is 1. The predicted octanol–water partition coefficient (Wildman–Crippen LogP) is 2.05. The fourth-order valence-corrected chi connectivity index (χ4v) is 4.67. The molecule has 0 unspecified atom stereocenters. The van der Waals surface area contributed by atoms with Gasteiger partial charge in [-0.1, -0.05) is 11.6 Å². The highest BCUT2D eigenvalue weighted by Gasteiger charge is 2.41. The number of piperidine rings is 1. The number of benzene rings is 1. The summed E-state index contributed by atoms with van der Waals surface area (Å²) in [5.41, 5.74) is 3.55. The highest BCUT2D eigenvalue weighted by molar-refractivity contribution is 5.79. The Morgan fingerprint density at radius 3 is 2.62 bits per heavy atom. The molecule has 2 aliphatic rings. The van der Waals surface area contributed by atoms with Crippen LogP contribution in [-0.4, -0.2) is 72.0 Å². The van der Waals surface area contributed by atoms with Crippen LogP contribution in [0.15, 0.2) is 29.1 Å². The number of rotatable bonds is 2. The molecule has 5 heteroatoms. The van der Waals surface area contributed by atoms with Crippen molar-refractivity contribution in [2.45, 2.75) is 31.8 Å². The van der Waals surface area contributed by atoms with Crippen LogP contribution in [0, 0.1) is 6.92 Å². The van der Waals surface area contributed by atoms with Crippen molar-refractivity contribution in [1.29, 1.82) is 0 Å². The average Bonchev–Trinajstić information content (AvgIpc) is 2.61. The fourth-order valence-electron chi connectivity index (χ4n) is 4.67. The van der Waals surface area contributed by atoms with Crippen LogP contribution in [0.5, 0.6) is 0 Å². The van der Waals surface area contributed by atoms with Gasteiger partial charge in [0, 0.05) is 67.5 Å². The van der Waals surface area contributed by atoms with Crippen molar-refractivity contribution in [2.75, 3.05) is 46.8 Å². The highest BCUT2D eigenvalue weighted by atomic mass is 16.1. The van der Waals surface area contributed by atoms with E-state index in [4.69, 9.17) is 0 Å². The maximum atomic E-state index is 12.5. The highest BCUT2D eigenvalue weighted by Crippen LogP contribution is 2.31. The van der Waals surface area contributed by atoms with Gasteiger partial charge in [0.05, 0.1) is 0 Å². The number of likely N-dealkylation sites (tertiary alicyclic amines) is 1. The number of piperazine rings is 1. The first-order valence-corrected chi connectivity index (χ1v) is 9.70. The van der Waals surface area contributed by atoms with Crippen LogP contribution in [0.1, 0.15) is 24.1 Å². The van der Waals surface area contributed by atoms with Gasteiger partial charge in [0.15, 0.2) is 5.43 Å². The second kappa shape index (κ2) is 6.80. The van der Waals surface area contributed by atoms with Crippen LogP contribution >= 0.6 is 0 Å². The van der Waals surface area contributed by atoms with E-state index < -0.39 is 0 Å². The molecule has 140 valence electrons. The third-order valence-electron chi connectivity index (χ3n) is 6.41. The smallest absolute Gasteiger partial charge is 0.189 e. The molecule has 0 bridgehead atoms. The molecule has 5 nitrogen and oxygen atoms in total. The van der Waals surface area contributed by atoms with E-state index in [0.29, 0.717) is 5.54 Å². The summed E-state index contributed by atoms with van der Waals surface area (Å²) >= 11 is 0. The van der Waals surface area contributed by atoms with Gasteiger partial charge in [0.1, 0.15) is 0 Å². The first-order chi connectivity index (χ1) is 12.4. The lowest BCUT2D eigenvalue weighted by molar-refractivity contribution is -0.0207. The molecule has 1 N–H and O–H groups in total. The normalized spacial score (nSPS) is 22.3. The largest absolute Gasteiger partial charge is 0.357 e. The van der Waals surface area contributed by atoms with Crippen molar-refractivity contribution in [3.8, 4) is 0 Å². The minimum atomic E-state index is 0.125. The third-order valence-corrected chi connectivity index (χ3v) is 6.41. The topological polar surface area (TPSA) is 42.6 Å². The van der Waals surface area contributed by atoms with E-state index in [1.807, 2.05) is 19.1 Å². The number of nitrogens with zero attached hydrogens (tertiary/aromatic N) is 3. The zero-order valence-electron chi connectivity index (χ0n) is 16.2. The maximum absolute atomic E-state index is 12.5. The molecule has 2 fully saturated rings.